The van der Waals surface area contributed by atoms with Gasteiger partial charge >= 0.3 is 6.01 Å². The van der Waals surface area contributed by atoms with Gasteiger partial charge in [-0.05, 0) is 44.0 Å². The molecule has 0 saturated carbocycles. The van der Waals surface area contributed by atoms with Gasteiger partial charge in [0.15, 0.2) is 0 Å². The summed E-state index contributed by atoms with van der Waals surface area (Å²) in [5.41, 5.74) is 3.32. The summed E-state index contributed by atoms with van der Waals surface area (Å²) >= 11 is 0. The molecule has 1 amide bonds. The number of hydrogen-bond donors (Lipinski definition) is 0. The number of anilines is 2. The van der Waals surface area contributed by atoms with Crippen molar-refractivity contribution in [1.82, 2.24) is 19.8 Å². The van der Waals surface area contributed by atoms with Gasteiger partial charge in [-0.3, -0.25) is 4.79 Å². The predicted octanol–water partition coefficient (Wildman–Crippen LogP) is 3.64. The number of carbonyl (C=O) groups excluding carboxylic acids is 1. The summed E-state index contributed by atoms with van der Waals surface area (Å²) in [6.45, 7) is 9.54. The quantitative estimate of drug-likeness (QED) is 0.412. The summed E-state index contributed by atoms with van der Waals surface area (Å²) in [4.78, 5) is 31.2. The van der Waals surface area contributed by atoms with Crippen LogP contribution in [0.15, 0.2) is 55.1 Å². The number of benzene rings is 2. The van der Waals surface area contributed by atoms with Gasteiger partial charge in [-0.2, -0.15) is 15.2 Å². The SMILES string of the molecule is C=CC(=O)N1CCN(c2nc(OC[C@@H]3CCN(C)C3)nc3c2CCN(c2cccc4ccccc24)C3)C[C@@H]1CC#N. The average Bonchev–Trinajstić information content (AvgIpc) is 3.43. The van der Waals surface area contributed by atoms with Gasteiger partial charge in [-0.1, -0.05) is 43.0 Å². The van der Waals surface area contributed by atoms with Crippen molar-refractivity contribution in [3.8, 4) is 12.1 Å². The van der Waals surface area contributed by atoms with Crippen LogP contribution in [0.5, 0.6) is 6.01 Å². The van der Waals surface area contributed by atoms with Crippen molar-refractivity contribution in [3.63, 3.8) is 0 Å². The molecule has 0 aliphatic carbocycles. The van der Waals surface area contributed by atoms with Crippen LogP contribution in [0.25, 0.3) is 10.8 Å². The third-order valence-electron chi connectivity index (χ3n) is 8.63. The Morgan fingerprint density at radius 1 is 1.10 bits per heavy atom. The van der Waals surface area contributed by atoms with E-state index in [0.29, 0.717) is 44.7 Å². The van der Waals surface area contributed by atoms with Gasteiger partial charge in [0.2, 0.25) is 5.91 Å². The lowest BCUT2D eigenvalue weighted by Crippen LogP contribution is -2.55. The first kappa shape index (κ1) is 27.0. The fourth-order valence-corrected chi connectivity index (χ4v) is 6.49. The maximum Gasteiger partial charge on any atom is 0.318 e. The van der Waals surface area contributed by atoms with Crippen LogP contribution in [0.4, 0.5) is 11.5 Å². The number of rotatable bonds is 7. The second-order valence-electron chi connectivity index (χ2n) is 11.4. The van der Waals surface area contributed by atoms with Crippen LogP contribution in [0, 0.1) is 17.2 Å². The van der Waals surface area contributed by atoms with Gasteiger partial charge in [0.25, 0.3) is 0 Å². The van der Waals surface area contributed by atoms with Crippen LogP contribution in [-0.4, -0.2) is 84.6 Å². The summed E-state index contributed by atoms with van der Waals surface area (Å²) in [7, 11) is 2.14. The van der Waals surface area contributed by atoms with E-state index in [1.807, 2.05) is 0 Å². The molecule has 2 aromatic carbocycles. The van der Waals surface area contributed by atoms with Crippen molar-refractivity contribution >= 4 is 28.2 Å². The zero-order chi connectivity index (χ0) is 28.3. The Kier molecular flexibility index (Phi) is 7.75. The average molecular weight is 552 g/mol. The Morgan fingerprint density at radius 2 is 1.95 bits per heavy atom. The first-order valence-corrected chi connectivity index (χ1v) is 14.5. The lowest BCUT2D eigenvalue weighted by Gasteiger charge is -2.42. The number of aromatic nitrogens is 2. The van der Waals surface area contributed by atoms with Gasteiger partial charge in [-0.25, -0.2) is 0 Å². The lowest BCUT2D eigenvalue weighted by atomic mass is 10.0. The molecule has 4 heterocycles. The van der Waals surface area contributed by atoms with E-state index in [1.165, 1.54) is 22.5 Å². The van der Waals surface area contributed by atoms with Crippen LogP contribution >= 0.6 is 0 Å². The minimum atomic E-state index is -0.223. The molecule has 3 aliphatic rings. The van der Waals surface area contributed by atoms with E-state index in [2.05, 4.69) is 76.9 Å². The summed E-state index contributed by atoms with van der Waals surface area (Å²) in [6, 6.07) is 17.4. The number of nitriles is 1. The number of likely N-dealkylation sites (tertiary alicyclic amines) is 1. The molecule has 1 aromatic heterocycles. The molecule has 212 valence electrons. The topological polar surface area (TPSA) is 88.8 Å². The summed E-state index contributed by atoms with van der Waals surface area (Å²) in [6.07, 6.45) is 3.51. The number of piperazine rings is 1. The van der Waals surface area contributed by atoms with Crippen molar-refractivity contribution in [2.75, 3.05) is 62.7 Å². The number of hydrogen-bond acceptors (Lipinski definition) is 8. The minimum Gasteiger partial charge on any atom is -0.463 e. The van der Waals surface area contributed by atoms with E-state index in [4.69, 9.17) is 14.7 Å². The Bertz CT molecular complexity index is 1480. The number of amides is 1. The van der Waals surface area contributed by atoms with Crippen LogP contribution in [-0.2, 0) is 17.8 Å². The normalized spacial score (nSPS) is 21.0. The standard InChI is InChI=1S/C32H37N7O2/c1-3-30(40)39-18-17-38(20-25(39)11-14-33)31-27-13-16-37(29-10-6-8-24-7-4-5-9-26(24)29)21-28(27)34-32(35-31)41-22-23-12-15-36(2)19-23/h3-10,23,25H,1,11-13,15-22H2,2H3/t23-,25+/m1/s1. The Labute approximate surface area is 241 Å². The van der Waals surface area contributed by atoms with Crippen molar-refractivity contribution < 1.29 is 9.53 Å². The molecule has 9 heteroatoms. The van der Waals surface area contributed by atoms with Crippen LogP contribution < -0.4 is 14.5 Å². The largest absolute Gasteiger partial charge is 0.463 e. The molecule has 0 unspecified atom stereocenters. The monoisotopic (exact) mass is 551 g/mol. The van der Waals surface area contributed by atoms with Gasteiger partial charge in [0.1, 0.15) is 5.82 Å². The predicted molar refractivity (Wildman–Crippen MR) is 160 cm³/mol. The summed E-state index contributed by atoms with van der Waals surface area (Å²) < 4.78 is 6.27. The van der Waals surface area contributed by atoms with E-state index in [1.54, 1.807) is 4.90 Å². The van der Waals surface area contributed by atoms with Gasteiger partial charge in [-0.15, -0.1) is 0 Å². The Morgan fingerprint density at radius 3 is 2.76 bits per heavy atom. The maximum atomic E-state index is 12.5. The number of nitrogens with zero attached hydrogens (tertiary/aromatic N) is 7. The van der Waals surface area contributed by atoms with Crippen molar-refractivity contribution in [2.24, 2.45) is 5.92 Å². The highest BCUT2D eigenvalue weighted by Gasteiger charge is 2.33. The Balaban J connectivity index is 1.32. The molecule has 2 fully saturated rings. The van der Waals surface area contributed by atoms with Crippen LogP contribution in [0.2, 0.25) is 0 Å². The smallest absolute Gasteiger partial charge is 0.318 e. The van der Waals surface area contributed by atoms with Gasteiger partial charge in [0, 0.05) is 55.3 Å². The zero-order valence-electron chi connectivity index (χ0n) is 23.7. The molecule has 0 N–H and O–H groups in total. The van der Waals surface area contributed by atoms with E-state index in [-0.39, 0.29) is 18.4 Å². The molecule has 6 rings (SSSR count). The first-order valence-electron chi connectivity index (χ1n) is 14.5. The van der Waals surface area contributed by atoms with E-state index in [0.717, 1.165) is 49.6 Å². The molecule has 9 nitrogen and oxygen atoms in total. The molecular formula is C32H37N7O2. The van der Waals surface area contributed by atoms with Gasteiger partial charge in [0.05, 0.1) is 37.4 Å². The van der Waals surface area contributed by atoms with Crippen molar-refractivity contribution in [1.29, 1.82) is 5.26 Å². The minimum absolute atomic E-state index is 0.133. The lowest BCUT2D eigenvalue weighted by molar-refractivity contribution is -0.128. The first-order chi connectivity index (χ1) is 20.0. The maximum absolute atomic E-state index is 12.5. The molecular weight excluding hydrogens is 514 g/mol. The highest BCUT2D eigenvalue weighted by Crippen LogP contribution is 2.35. The number of carbonyl (C=O) groups is 1. The molecule has 3 aliphatic heterocycles. The van der Waals surface area contributed by atoms with Crippen LogP contribution in [0.1, 0.15) is 24.1 Å². The zero-order valence-corrected chi connectivity index (χ0v) is 23.7. The highest BCUT2D eigenvalue weighted by molar-refractivity contribution is 5.94. The molecule has 0 radical (unpaired) electrons. The van der Waals surface area contributed by atoms with Gasteiger partial charge < -0.3 is 24.3 Å². The van der Waals surface area contributed by atoms with Crippen molar-refractivity contribution in [2.45, 2.75) is 31.8 Å². The molecule has 2 saturated heterocycles. The Hall–Kier alpha value is -4.16. The molecule has 3 aromatic rings. The van der Waals surface area contributed by atoms with E-state index >= 15 is 0 Å². The van der Waals surface area contributed by atoms with Crippen molar-refractivity contribution in [3.05, 3.63) is 66.4 Å². The van der Waals surface area contributed by atoms with Crippen LogP contribution in [0.3, 0.4) is 0 Å². The molecule has 0 bridgehead atoms. The van der Waals surface area contributed by atoms with E-state index < -0.39 is 0 Å². The van der Waals surface area contributed by atoms with E-state index in [9.17, 15) is 10.1 Å². The number of ether oxygens (including phenoxy) is 1. The third-order valence-corrected chi connectivity index (χ3v) is 8.63. The fourth-order valence-electron chi connectivity index (χ4n) is 6.49. The molecule has 41 heavy (non-hydrogen) atoms. The third kappa shape index (κ3) is 5.57. The highest BCUT2D eigenvalue weighted by atomic mass is 16.5. The fraction of sp³-hybridized carbons (Fsp3) is 0.438. The number of fused-ring (bicyclic) bond motifs is 2. The second kappa shape index (κ2) is 11.8. The molecule has 0 spiro atoms. The second-order valence-corrected chi connectivity index (χ2v) is 11.4. The summed E-state index contributed by atoms with van der Waals surface area (Å²) in [5.74, 6) is 1.20. The molecule has 2 atom stereocenters. The summed E-state index contributed by atoms with van der Waals surface area (Å²) in [5, 5.41) is 12.0.